The maximum atomic E-state index is 13.3. The molecule has 0 aliphatic heterocycles. The number of nitrogens with zero attached hydrogens (tertiary/aromatic N) is 1. The predicted octanol–water partition coefficient (Wildman–Crippen LogP) is 3.81. The van der Waals surface area contributed by atoms with Gasteiger partial charge >= 0.3 is 17.6 Å². The second kappa shape index (κ2) is 25.7. The maximum absolute atomic E-state index is 13.3. The van der Waals surface area contributed by atoms with E-state index in [9.17, 15) is 24.5 Å². The van der Waals surface area contributed by atoms with E-state index >= 15 is 0 Å². The lowest BCUT2D eigenvalue weighted by Gasteiger charge is -2.24. The molecule has 3 rings (SSSR count). The van der Waals surface area contributed by atoms with E-state index in [1.165, 1.54) is 19.2 Å². The van der Waals surface area contributed by atoms with Crippen molar-refractivity contribution in [2.45, 2.75) is 38.5 Å². The van der Waals surface area contributed by atoms with Crippen molar-refractivity contribution in [1.29, 1.82) is 0 Å². The molecule has 0 unspecified atom stereocenters. The average Bonchev–Trinajstić information content (AvgIpc) is 3.17. The molecule has 0 fully saturated rings. The Balaban J connectivity index is 1.50. The standard InChI is InChI=1S/C38H53NO17/c1-38(2,37(42)53-10-6-5-7-11-54-39(43)44)28-24-32(35-31-26-29(46-4)8-9-30(31)36(41)56-33(35)25-28)55-34(40)27-52-23-22-51-21-20-50-19-18-49-17-16-48-15-14-47-13-12-45-3/h8-9,24-26H,5-7,10-23,27H2,1-4H3. The lowest BCUT2D eigenvalue weighted by atomic mass is 9.84. The number of hydrogen-bond donors (Lipinski definition) is 0. The molecule has 0 bridgehead atoms. The van der Waals surface area contributed by atoms with Crippen molar-refractivity contribution in [3.05, 3.63) is 56.4 Å². The molecule has 2 aromatic carbocycles. The summed E-state index contributed by atoms with van der Waals surface area (Å²) in [6.07, 6.45) is 1.43. The molecule has 0 radical (unpaired) electrons. The van der Waals surface area contributed by atoms with Crippen LogP contribution in [0.5, 0.6) is 11.5 Å². The van der Waals surface area contributed by atoms with Gasteiger partial charge in [-0.15, -0.1) is 10.1 Å². The fourth-order valence-electron chi connectivity index (χ4n) is 5.10. The number of hydrogen-bond acceptors (Lipinski definition) is 17. The van der Waals surface area contributed by atoms with E-state index in [4.69, 9.17) is 51.8 Å². The molecule has 1 heterocycles. The van der Waals surface area contributed by atoms with Gasteiger partial charge in [-0.05, 0) is 69.0 Å². The van der Waals surface area contributed by atoms with Crippen LogP contribution >= 0.6 is 0 Å². The second-order valence-electron chi connectivity index (χ2n) is 12.6. The summed E-state index contributed by atoms with van der Waals surface area (Å²) in [4.78, 5) is 53.9. The summed E-state index contributed by atoms with van der Waals surface area (Å²) in [6.45, 7) is 7.65. The van der Waals surface area contributed by atoms with Crippen molar-refractivity contribution in [1.82, 2.24) is 0 Å². The van der Waals surface area contributed by atoms with Crippen LogP contribution in [0.1, 0.15) is 38.7 Å². The van der Waals surface area contributed by atoms with Crippen molar-refractivity contribution in [3.8, 4) is 11.5 Å². The molecule has 0 spiro atoms. The van der Waals surface area contributed by atoms with E-state index in [-0.39, 0.29) is 43.1 Å². The first kappa shape index (κ1) is 46.0. The highest BCUT2D eigenvalue weighted by Gasteiger charge is 2.33. The normalized spacial score (nSPS) is 11.6. The van der Waals surface area contributed by atoms with Crippen LogP contribution in [0.4, 0.5) is 0 Å². The molecule has 0 saturated heterocycles. The van der Waals surface area contributed by atoms with Gasteiger partial charge in [-0.25, -0.2) is 9.59 Å². The zero-order chi connectivity index (χ0) is 40.6. The third kappa shape index (κ3) is 16.0. The van der Waals surface area contributed by atoms with Crippen molar-refractivity contribution >= 4 is 33.7 Å². The van der Waals surface area contributed by atoms with Crippen molar-refractivity contribution in [3.63, 3.8) is 0 Å². The Hall–Kier alpha value is -4.43. The third-order valence-electron chi connectivity index (χ3n) is 8.17. The molecule has 18 nitrogen and oxygen atoms in total. The van der Waals surface area contributed by atoms with Gasteiger partial charge in [0.15, 0.2) is 0 Å². The molecule has 56 heavy (non-hydrogen) atoms. The fraction of sp³-hybridized carbons (Fsp3) is 0.605. The maximum Gasteiger partial charge on any atom is 0.344 e. The Labute approximate surface area is 324 Å². The topological polar surface area (TPSA) is 209 Å². The van der Waals surface area contributed by atoms with E-state index in [2.05, 4.69) is 4.84 Å². The molecule has 0 aliphatic rings. The quantitative estimate of drug-likeness (QED) is 0.0172. The molecule has 0 atom stereocenters. The summed E-state index contributed by atoms with van der Waals surface area (Å²) < 4.78 is 59.9. The van der Waals surface area contributed by atoms with Crippen LogP contribution < -0.4 is 15.1 Å². The van der Waals surface area contributed by atoms with Gasteiger partial charge in [-0.2, -0.15) is 0 Å². The van der Waals surface area contributed by atoms with Gasteiger partial charge in [0.25, 0.3) is 5.09 Å². The number of benzene rings is 2. The SMILES string of the molecule is COCCOCCOCCOCCOCCOCCOCC(=O)Oc1cc(C(C)(C)C(=O)OCCCCCO[N+](=O)[O-])cc2oc(=O)c3ccc(OC)cc3c12. The Morgan fingerprint density at radius 3 is 1.86 bits per heavy atom. The third-order valence-corrected chi connectivity index (χ3v) is 8.17. The van der Waals surface area contributed by atoms with Gasteiger partial charge in [0.1, 0.15) is 23.7 Å². The summed E-state index contributed by atoms with van der Waals surface area (Å²) in [5, 5.41) is 10.4. The first-order valence-electron chi connectivity index (χ1n) is 18.3. The number of rotatable bonds is 31. The highest BCUT2D eigenvalue weighted by Crippen LogP contribution is 2.38. The van der Waals surface area contributed by atoms with Gasteiger partial charge in [-0.3, -0.25) is 4.79 Å². The zero-order valence-corrected chi connectivity index (χ0v) is 32.5. The van der Waals surface area contributed by atoms with E-state index in [1.54, 1.807) is 39.2 Å². The molecule has 1 aromatic heterocycles. The summed E-state index contributed by atoms with van der Waals surface area (Å²) in [7, 11) is 3.10. The molecular formula is C38H53NO17. The van der Waals surface area contributed by atoms with Crippen LogP contribution in [0.3, 0.4) is 0 Å². The number of esters is 2. The second-order valence-corrected chi connectivity index (χ2v) is 12.6. The van der Waals surface area contributed by atoms with Gasteiger partial charge in [0, 0.05) is 12.5 Å². The largest absolute Gasteiger partial charge is 0.497 e. The minimum Gasteiger partial charge on any atom is -0.497 e. The number of carbonyl (C=O) groups is 2. The average molecular weight is 796 g/mol. The first-order valence-corrected chi connectivity index (χ1v) is 18.3. The molecule has 3 aromatic rings. The van der Waals surface area contributed by atoms with Crippen LogP contribution in [-0.4, -0.2) is 130 Å². The minimum absolute atomic E-state index is 0.0352. The highest BCUT2D eigenvalue weighted by atomic mass is 16.9. The van der Waals surface area contributed by atoms with Gasteiger partial charge in [0.05, 0.1) is 116 Å². The van der Waals surface area contributed by atoms with Gasteiger partial charge in [-0.1, -0.05) is 0 Å². The summed E-state index contributed by atoms with van der Waals surface area (Å²) >= 11 is 0. The Morgan fingerprint density at radius 1 is 0.714 bits per heavy atom. The Bertz CT molecular complexity index is 1710. The van der Waals surface area contributed by atoms with E-state index < -0.39 is 34.7 Å². The molecule has 0 aliphatic carbocycles. The number of unbranched alkanes of at least 4 members (excludes halogenated alkanes) is 2. The Kier molecular flexibility index (Phi) is 21.1. The number of carbonyl (C=O) groups excluding carboxylic acids is 2. The molecule has 0 N–H and O–H groups in total. The molecular weight excluding hydrogens is 742 g/mol. The molecule has 18 heteroatoms. The summed E-state index contributed by atoms with van der Waals surface area (Å²) in [5.74, 6) is -0.830. The number of methoxy groups -OCH3 is 2. The monoisotopic (exact) mass is 795 g/mol. The van der Waals surface area contributed by atoms with Crippen LogP contribution in [-0.2, 0) is 57.7 Å². The van der Waals surface area contributed by atoms with E-state index in [1.807, 2.05) is 0 Å². The summed E-state index contributed by atoms with van der Waals surface area (Å²) in [6, 6.07) is 7.85. The van der Waals surface area contributed by atoms with Crippen molar-refractivity contribution in [2.75, 3.05) is 113 Å². The molecule has 0 amide bonds. The van der Waals surface area contributed by atoms with Crippen LogP contribution in [0.2, 0.25) is 0 Å². The summed E-state index contributed by atoms with van der Waals surface area (Å²) in [5.41, 5.74) is -1.47. The lowest BCUT2D eigenvalue weighted by Crippen LogP contribution is -2.31. The van der Waals surface area contributed by atoms with Crippen LogP contribution in [0.15, 0.2) is 39.5 Å². The van der Waals surface area contributed by atoms with E-state index in [0.717, 1.165) is 0 Å². The highest BCUT2D eigenvalue weighted by molar-refractivity contribution is 6.09. The molecule has 312 valence electrons. The van der Waals surface area contributed by atoms with Crippen molar-refractivity contribution < 1.29 is 71.3 Å². The predicted molar refractivity (Wildman–Crippen MR) is 200 cm³/mol. The van der Waals surface area contributed by atoms with Gasteiger partial charge < -0.3 is 56.6 Å². The fourth-order valence-corrected chi connectivity index (χ4v) is 5.10. The minimum atomic E-state index is -1.27. The van der Waals surface area contributed by atoms with Crippen LogP contribution in [0.25, 0.3) is 21.7 Å². The smallest absolute Gasteiger partial charge is 0.344 e. The van der Waals surface area contributed by atoms with Crippen molar-refractivity contribution in [2.24, 2.45) is 0 Å². The van der Waals surface area contributed by atoms with E-state index in [0.29, 0.717) is 107 Å². The Morgan fingerprint density at radius 2 is 1.29 bits per heavy atom. The lowest BCUT2D eigenvalue weighted by molar-refractivity contribution is -0.757. The van der Waals surface area contributed by atoms with Crippen LogP contribution in [0, 0.1) is 10.1 Å². The van der Waals surface area contributed by atoms with Gasteiger partial charge in [0.2, 0.25) is 0 Å². The number of ether oxygens (including phenoxy) is 10. The number of fused-ring (bicyclic) bond motifs is 3. The first-order chi connectivity index (χ1) is 27.1. The zero-order valence-electron chi connectivity index (χ0n) is 32.5. The molecule has 0 saturated carbocycles.